The SMILES string of the molecule is c1ccc2nc(NOc3nccs3)ccc2c1. The van der Waals surface area contributed by atoms with Crippen LogP contribution in [0.25, 0.3) is 10.9 Å². The van der Waals surface area contributed by atoms with E-state index in [1.165, 1.54) is 11.3 Å². The Bertz CT molecular complexity index is 624. The third kappa shape index (κ3) is 2.19. The van der Waals surface area contributed by atoms with E-state index < -0.39 is 0 Å². The Balaban J connectivity index is 1.81. The Morgan fingerprint density at radius 3 is 2.94 bits per heavy atom. The fraction of sp³-hybridized carbons (Fsp3) is 0. The van der Waals surface area contributed by atoms with Gasteiger partial charge in [0.05, 0.1) is 5.52 Å². The summed E-state index contributed by atoms with van der Waals surface area (Å²) in [4.78, 5) is 13.7. The number of anilines is 1. The van der Waals surface area contributed by atoms with E-state index in [9.17, 15) is 0 Å². The molecule has 0 radical (unpaired) electrons. The quantitative estimate of drug-likeness (QED) is 0.718. The molecule has 0 saturated carbocycles. The van der Waals surface area contributed by atoms with Crippen molar-refractivity contribution in [1.82, 2.24) is 9.97 Å². The van der Waals surface area contributed by atoms with E-state index in [4.69, 9.17) is 4.84 Å². The van der Waals surface area contributed by atoms with Crippen LogP contribution in [0.3, 0.4) is 0 Å². The van der Waals surface area contributed by atoms with Gasteiger partial charge in [0.25, 0.3) is 0 Å². The molecule has 0 saturated heterocycles. The van der Waals surface area contributed by atoms with Crippen molar-refractivity contribution in [2.24, 2.45) is 0 Å². The molecule has 4 nitrogen and oxygen atoms in total. The van der Waals surface area contributed by atoms with E-state index >= 15 is 0 Å². The van der Waals surface area contributed by atoms with Gasteiger partial charge in [-0.25, -0.2) is 15.4 Å². The molecule has 0 bridgehead atoms. The van der Waals surface area contributed by atoms with Gasteiger partial charge in [-0.15, -0.1) is 0 Å². The van der Waals surface area contributed by atoms with E-state index in [1.54, 1.807) is 6.20 Å². The summed E-state index contributed by atoms with van der Waals surface area (Å²) in [5.74, 6) is 0.666. The maximum absolute atomic E-state index is 5.28. The summed E-state index contributed by atoms with van der Waals surface area (Å²) in [5, 5.41) is 3.53. The highest BCUT2D eigenvalue weighted by Gasteiger charge is 1.99. The minimum Gasteiger partial charge on any atom is -0.349 e. The van der Waals surface area contributed by atoms with Gasteiger partial charge in [0.15, 0.2) is 5.82 Å². The molecule has 0 atom stereocenters. The number of nitrogens with zero attached hydrogens (tertiary/aromatic N) is 2. The zero-order chi connectivity index (χ0) is 11.5. The van der Waals surface area contributed by atoms with Gasteiger partial charge in [-0.05, 0) is 18.2 Å². The fourth-order valence-electron chi connectivity index (χ4n) is 1.48. The largest absolute Gasteiger partial charge is 0.349 e. The minimum atomic E-state index is 0.569. The summed E-state index contributed by atoms with van der Waals surface area (Å²) in [6.07, 6.45) is 1.69. The average molecular weight is 243 g/mol. The Hall–Kier alpha value is -2.14. The highest BCUT2D eigenvalue weighted by molar-refractivity contribution is 7.11. The number of nitrogens with one attached hydrogen (secondary N) is 1. The molecule has 17 heavy (non-hydrogen) atoms. The molecule has 2 heterocycles. The van der Waals surface area contributed by atoms with Crippen LogP contribution in [0.15, 0.2) is 48.0 Å². The summed E-state index contributed by atoms with van der Waals surface area (Å²) in [6.45, 7) is 0. The first-order chi connectivity index (χ1) is 8.42. The Morgan fingerprint density at radius 2 is 2.06 bits per heavy atom. The van der Waals surface area contributed by atoms with Crippen LogP contribution in [0.2, 0.25) is 0 Å². The predicted molar refractivity (Wildman–Crippen MR) is 68.1 cm³/mol. The molecule has 3 rings (SSSR count). The Morgan fingerprint density at radius 1 is 1.12 bits per heavy atom. The van der Waals surface area contributed by atoms with Gasteiger partial charge >= 0.3 is 5.19 Å². The zero-order valence-corrected chi connectivity index (χ0v) is 9.65. The average Bonchev–Trinajstić information content (AvgIpc) is 2.89. The summed E-state index contributed by atoms with van der Waals surface area (Å²) in [7, 11) is 0. The van der Waals surface area contributed by atoms with Crippen molar-refractivity contribution in [3.05, 3.63) is 48.0 Å². The molecule has 0 spiro atoms. The second kappa shape index (κ2) is 4.39. The van der Waals surface area contributed by atoms with E-state index in [0.717, 1.165) is 10.9 Å². The summed E-state index contributed by atoms with van der Waals surface area (Å²) >= 11 is 1.42. The second-order valence-electron chi connectivity index (χ2n) is 3.39. The third-order valence-corrected chi connectivity index (χ3v) is 2.90. The molecule has 5 heteroatoms. The lowest BCUT2D eigenvalue weighted by atomic mass is 10.2. The molecule has 1 N–H and O–H groups in total. The monoisotopic (exact) mass is 243 g/mol. The van der Waals surface area contributed by atoms with Crippen LogP contribution in [0.4, 0.5) is 5.82 Å². The van der Waals surface area contributed by atoms with E-state index in [2.05, 4.69) is 15.4 Å². The number of benzene rings is 1. The summed E-state index contributed by atoms with van der Waals surface area (Å²) in [6, 6.07) is 11.8. The standard InChI is InChI=1S/C12H9N3OS/c1-2-4-10-9(3-1)5-6-11(14-10)15-16-12-13-7-8-17-12/h1-8H,(H,14,15). The molecule has 2 aromatic heterocycles. The summed E-state index contributed by atoms with van der Waals surface area (Å²) < 4.78 is 0. The number of thiazole rings is 1. The van der Waals surface area contributed by atoms with Crippen molar-refractivity contribution in [3.63, 3.8) is 0 Å². The lowest BCUT2D eigenvalue weighted by molar-refractivity contribution is 0.400. The maximum atomic E-state index is 5.28. The van der Waals surface area contributed by atoms with E-state index in [1.807, 2.05) is 41.8 Å². The van der Waals surface area contributed by atoms with Gasteiger partial charge < -0.3 is 4.84 Å². The molecule has 0 aliphatic heterocycles. The molecule has 0 aliphatic rings. The molecule has 0 aliphatic carbocycles. The van der Waals surface area contributed by atoms with Crippen LogP contribution in [-0.4, -0.2) is 9.97 Å². The minimum absolute atomic E-state index is 0.569. The number of para-hydroxylation sites is 1. The van der Waals surface area contributed by atoms with Crippen LogP contribution >= 0.6 is 11.3 Å². The molecule has 0 unspecified atom stereocenters. The normalized spacial score (nSPS) is 10.4. The highest BCUT2D eigenvalue weighted by Crippen LogP contribution is 2.17. The highest BCUT2D eigenvalue weighted by atomic mass is 32.1. The Labute approximate surface area is 102 Å². The molecule has 1 aromatic carbocycles. The number of pyridine rings is 1. The number of hydrogen-bond acceptors (Lipinski definition) is 5. The predicted octanol–water partition coefficient (Wildman–Crippen LogP) is 3.10. The van der Waals surface area contributed by atoms with Crippen LogP contribution in [0.5, 0.6) is 5.19 Å². The first-order valence-electron chi connectivity index (χ1n) is 5.10. The molecular formula is C12H9N3OS. The van der Waals surface area contributed by atoms with Gasteiger partial charge in [0, 0.05) is 17.0 Å². The van der Waals surface area contributed by atoms with Crippen molar-refractivity contribution in [3.8, 4) is 5.19 Å². The molecule has 0 amide bonds. The van der Waals surface area contributed by atoms with Gasteiger partial charge in [0.1, 0.15) is 0 Å². The van der Waals surface area contributed by atoms with Crippen molar-refractivity contribution >= 4 is 28.1 Å². The third-order valence-electron chi connectivity index (χ3n) is 2.25. The molecule has 0 fully saturated rings. The molecule has 3 aromatic rings. The fourth-order valence-corrected chi connectivity index (χ4v) is 1.93. The van der Waals surface area contributed by atoms with Crippen molar-refractivity contribution in [2.45, 2.75) is 0 Å². The molecular weight excluding hydrogens is 234 g/mol. The van der Waals surface area contributed by atoms with Crippen LogP contribution < -0.4 is 10.3 Å². The van der Waals surface area contributed by atoms with Crippen molar-refractivity contribution in [1.29, 1.82) is 0 Å². The van der Waals surface area contributed by atoms with Gasteiger partial charge in [-0.1, -0.05) is 29.5 Å². The van der Waals surface area contributed by atoms with E-state index in [0.29, 0.717) is 11.0 Å². The first kappa shape index (κ1) is 10.0. The van der Waals surface area contributed by atoms with Gasteiger partial charge in [-0.3, -0.25) is 0 Å². The first-order valence-corrected chi connectivity index (χ1v) is 5.98. The van der Waals surface area contributed by atoms with Crippen LogP contribution in [0.1, 0.15) is 0 Å². The van der Waals surface area contributed by atoms with Gasteiger partial charge in [-0.2, -0.15) is 0 Å². The van der Waals surface area contributed by atoms with Crippen molar-refractivity contribution < 1.29 is 4.84 Å². The number of fused-ring (bicyclic) bond motifs is 1. The topological polar surface area (TPSA) is 47.0 Å². The number of rotatable bonds is 3. The molecule has 84 valence electrons. The maximum Gasteiger partial charge on any atom is 0.302 e. The zero-order valence-electron chi connectivity index (χ0n) is 8.83. The second-order valence-corrected chi connectivity index (χ2v) is 4.25. The lowest BCUT2D eigenvalue weighted by Gasteiger charge is -2.05. The number of hydrogen-bond donors (Lipinski definition) is 1. The number of aromatic nitrogens is 2. The smallest absolute Gasteiger partial charge is 0.302 e. The van der Waals surface area contributed by atoms with E-state index in [-0.39, 0.29) is 0 Å². The van der Waals surface area contributed by atoms with Crippen LogP contribution in [0, 0.1) is 0 Å². The lowest BCUT2D eigenvalue weighted by Crippen LogP contribution is -2.05. The Kier molecular flexibility index (Phi) is 2.59. The summed E-state index contributed by atoms with van der Waals surface area (Å²) in [5.41, 5.74) is 3.71. The van der Waals surface area contributed by atoms with Crippen LogP contribution in [-0.2, 0) is 0 Å². The van der Waals surface area contributed by atoms with Crippen molar-refractivity contribution in [2.75, 3.05) is 5.48 Å². The van der Waals surface area contributed by atoms with Gasteiger partial charge in [0.2, 0.25) is 0 Å².